The quantitative estimate of drug-likeness (QED) is 0.912. The molecule has 1 heterocycles. The number of aromatic nitrogens is 2. The summed E-state index contributed by atoms with van der Waals surface area (Å²) in [7, 11) is 3.52. The number of benzene rings is 1. The lowest BCUT2D eigenvalue weighted by Gasteiger charge is -2.12. The predicted octanol–water partition coefficient (Wildman–Crippen LogP) is 3.32. The molecule has 0 radical (unpaired) electrons. The van der Waals surface area contributed by atoms with Crippen LogP contribution in [0.25, 0.3) is 11.3 Å². The Balaban J connectivity index is 2.54. The van der Waals surface area contributed by atoms with E-state index in [4.69, 9.17) is 4.74 Å². The van der Waals surface area contributed by atoms with Gasteiger partial charge in [0.05, 0.1) is 12.8 Å². The first-order chi connectivity index (χ1) is 9.15. The minimum Gasteiger partial charge on any atom is -0.496 e. The van der Waals surface area contributed by atoms with Crippen molar-refractivity contribution in [3.63, 3.8) is 0 Å². The van der Waals surface area contributed by atoms with Crippen LogP contribution in [0, 0.1) is 0 Å². The van der Waals surface area contributed by atoms with Crippen LogP contribution in [-0.4, -0.2) is 24.1 Å². The van der Waals surface area contributed by atoms with E-state index in [2.05, 4.69) is 41.3 Å². The lowest BCUT2D eigenvalue weighted by Crippen LogP contribution is -1.97. The van der Waals surface area contributed by atoms with E-state index >= 15 is 0 Å². The third-order valence-corrected chi connectivity index (χ3v) is 3.09. The Bertz CT molecular complexity index is 567. The van der Waals surface area contributed by atoms with E-state index in [-0.39, 0.29) is 0 Å². The molecule has 100 valence electrons. The maximum absolute atomic E-state index is 5.43. The molecule has 0 saturated heterocycles. The van der Waals surface area contributed by atoms with Gasteiger partial charge in [0.15, 0.2) is 0 Å². The highest BCUT2D eigenvalue weighted by atomic mass is 16.5. The Morgan fingerprint density at radius 2 is 1.95 bits per heavy atom. The highest BCUT2D eigenvalue weighted by Gasteiger charge is 2.10. The molecule has 0 aliphatic rings. The van der Waals surface area contributed by atoms with Crippen molar-refractivity contribution in [2.45, 2.75) is 19.8 Å². The Morgan fingerprint density at radius 1 is 1.16 bits per heavy atom. The highest BCUT2D eigenvalue weighted by Crippen LogP contribution is 2.32. The highest BCUT2D eigenvalue weighted by molar-refractivity contribution is 5.70. The van der Waals surface area contributed by atoms with Crippen LogP contribution in [0.15, 0.2) is 30.6 Å². The molecule has 2 aromatic rings. The van der Waals surface area contributed by atoms with Crippen molar-refractivity contribution in [3.8, 4) is 17.0 Å². The van der Waals surface area contributed by atoms with Gasteiger partial charge in [-0.05, 0) is 23.6 Å². The van der Waals surface area contributed by atoms with Crippen LogP contribution in [-0.2, 0) is 0 Å². The zero-order valence-corrected chi connectivity index (χ0v) is 11.8. The monoisotopic (exact) mass is 257 g/mol. The fourth-order valence-electron chi connectivity index (χ4n) is 1.93. The fraction of sp³-hybridized carbons (Fsp3) is 0.333. The van der Waals surface area contributed by atoms with Crippen LogP contribution in [0.3, 0.4) is 0 Å². The van der Waals surface area contributed by atoms with E-state index < -0.39 is 0 Å². The SMILES string of the molecule is CNc1cc(-c2cc(C(C)C)ccc2OC)ncn1. The smallest absolute Gasteiger partial charge is 0.129 e. The minimum atomic E-state index is 0.468. The number of methoxy groups -OCH3 is 1. The van der Waals surface area contributed by atoms with Gasteiger partial charge >= 0.3 is 0 Å². The average Bonchev–Trinajstić information content (AvgIpc) is 2.46. The molecular weight excluding hydrogens is 238 g/mol. The maximum atomic E-state index is 5.43. The zero-order valence-electron chi connectivity index (χ0n) is 11.8. The molecule has 4 nitrogen and oxygen atoms in total. The predicted molar refractivity (Wildman–Crippen MR) is 77.7 cm³/mol. The molecule has 1 N–H and O–H groups in total. The first-order valence-electron chi connectivity index (χ1n) is 6.33. The molecule has 0 spiro atoms. The topological polar surface area (TPSA) is 47.0 Å². The van der Waals surface area contributed by atoms with Crippen molar-refractivity contribution >= 4 is 5.82 Å². The summed E-state index contributed by atoms with van der Waals surface area (Å²) in [6, 6.07) is 8.13. The van der Waals surface area contributed by atoms with Gasteiger partial charge in [-0.2, -0.15) is 0 Å². The summed E-state index contributed by atoms with van der Waals surface area (Å²) in [4.78, 5) is 8.47. The molecule has 19 heavy (non-hydrogen) atoms. The van der Waals surface area contributed by atoms with Gasteiger partial charge in [-0.3, -0.25) is 0 Å². The van der Waals surface area contributed by atoms with Crippen LogP contribution in [0.4, 0.5) is 5.82 Å². The summed E-state index contributed by atoms with van der Waals surface area (Å²) < 4.78 is 5.43. The summed E-state index contributed by atoms with van der Waals surface area (Å²) in [6.07, 6.45) is 1.56. The van der Waals surface area contributed by atoms with Gasteiger partial charge in [-0.25, -0.2) is 9.97 Å². The molecule has 0 unspecified atom stereocenters. The van der Waals surface area contributed by atoms with Crippen molar-refractivity contribution < 1.29 is 4.74 Å². The number of anilines is 1. The molecule has 4 heteroatoms. The lowest BCUT2D eigenvalue weighted by molar-refractivity contribution is 0.416. The van der Waals surface area contributed by atoms with Crippen molar-refractivity contribution in [1.82, 2.24) is 9.97 Å². The van der Waals surface area contributed by atoms with Crippen LogP contribution in [0.1, 0.15) is 25.3 Å². The van der Waals surface area contributed by atoms with E-state index in [9.17, 15) is 0 Å². The number of hydrogen-bond donors (Lipinski definition) is 1. The Hall–Kier alpha value is -2.10. The van der Waals surface area contributed by atoms with Gasteiger partial charge in [-0.15, -0.1) is 0 Å². The first kappa shape index (κ1) is 13.3. The lowest BCUT2D eigenvalue weighted by atomic mass is 9.99. The van der Waals surface area contributed by atoms with Gasteiger partial charge in [-0.1, -0.05) is 19.9 Å². The van der Waals surface area contributed by atoms with Crippen LogP contribution >= 0.6 is 0 Å². The Labute approximate surface area is 113 Å². The number of rotatable bonds is 4. The standard InChI is InChI=1S/C15H19N3O/c1-10(2)11-5-6-14(19-4)12(7-11)13-8-15(16-3)18-9-17-13/h5-10H,1-4H3,(H,16,17,18). The van der Waals surface area contributed by atoms with E-state index in [1.54, 1.807) is 13.4 Å². The molecule has 0 amide bonds. The van der Waals surface area contributed by atoms with Gasteiger partial charge in [0.2, 0.25) is 0 Å². The van der Waals surface area contributed by atoms with E-state index in [0.29, 0.717) is 5.92 Å². The normalized spacial score (nSPS) is 10.6. The summed E-state index contributed by atoms with van der Waals surface area (Å²) in [6.45, 7) is 4.34. The minimum absolute atomic E-state index is 0.468. The number of ether oxygens (including phenoxy) is 1. The third kappa shape index (κ3) is 2.84. The number of hydrogen-bond acceptors (Lipinski definition) is 4. The van der Waals surface area contributed by atoms with Crippen molar-refractivity contribution in [2.24, 2.45) is 0 Å². The molecule has 0 aliphatic heterocycles. The fourth-order valence-corrected chi connectivity index (χ4v) is 1.93. The van der Waals surface area contributed by atoms with Crippen LogP contribution in [0.2, 0.25) is 0 Å². The second-order valence-corrected chi connectivity index (χ2v) is 4.65. The molecule has 0 fully saturated rings. The second-order valence-electron chi connectivity index (χ2n) is 4.65. The number of nitrogens with zero attached hydrogens (tertiary/aromatic N) is 2. The summed E-state index contributed by atoms with van der Waals surface area (Å²) >= 11 is 0. The van der Waals surface area contributed by atoms with Crippen molar-refractivity contribution in [3.05, 3.63) is 36.2 Å². The van der Waals surface area contributed by atoms with Gasteiger partial charge in [0.25, 0.3) is 0 Å². The molecule has 2 rings (SSSR count). The molecule has 0 bridgehead atoms. The van der Waals surface area contributed by atoms with E-state index in [1.807, 2.05) is 19.2 Å². The van der Waals surface area contributed by atoms with Gasteiger partial charge in [0, 0.05) is 18.7 Å². The molecule has 1 aromatic carbocycles. The molecule has 1 aromatic heterocycles. The largest absolute Gasteiger partial charge is 0.496 e. The maximum Gasteiger partial charge on any atom is 0.129 e. The third-order valence-electron chi connectivity index (χ3n) is 3.09. The molecular formula is C15H19N3O. The van der Waals surface area contributed by atoms with Crippen molar-refractivity contribution in [1.29, 1.82) is 0 Å². The summed E-state index contributed by atoms with van der Waals surface area (Å²) in [5, 5.41) is 3.02. The summed E-state index contributed by atoms with van der Waals surface area (Å²) in [5.41, 5.74) is 3.12. The van der Waals surface area contributed by atoms with Gasteiger partial charge < -0.3 is 10.1 Å². The Morgan fingerprint density at radius 3 is 2.58 bits per heavy atom. The Kier molecular flexibility index (Phi) is 4.00. The van der Waals surface area contributed by atoms with Crippen molar-refractivity contribution in [2.75, 3.05) is 19.5 Å². The van der Waals surface area contributed by atoms with Gasteiger partial charge in [0.1, 0.15) is 17.9 Å². The second kappa shape index (κ2) is 5.69. The first-order valence-corrected chi connectivity index (χ1v) is 6.33. The summed E-state index contributed by atoms with van der Waals surface area (Å²) in [5.74, 6) is 2.09. The van der Waals surface area contributed by atoms with E-state index in [0.717, 1.165) is 22.8 Å². The molecule has 0 saturated carbocycles. The average molecular weight is 257 g/mol. The van der Waals surface area contributed by atoms with Crippen LogP contribution in [0.5, 0.6) is 5.75 Å². The molecule has 0 aliphatic carbocycles. The van der Waals surface area contributed by atoms with E-state index in [1.165, 1.54) is 5.56 Å². The van der Waals surface area contributed by atoms with Crippen LogP contribution < -0.4 is 10.1 Å². The zero-order chi connectivity index (χ0) is 13.8. The number of nitrogens with one attached hydrogen (secondary N) is 1. The molecule has 0 atom stereocenters.